The Labute approximate surface area is 122 Å². The minimum absolute atomic E-state index is 0.0108. The third-order valence-corrected chi connectivity index (χ3v) is 4.76. The minimum Gasteiger partial charge on any atom is -0.365 e. The van der Waals surface area contributed by atoms with Crippen molar-refractivity contribution in [2.45, 2.75) is 51.2 Å². The molecule has 2 N–H and O–H groups in total. The number of fused-ring (bicyclic) bond motifs is 1. The Morgan fingerprint density at radius 2 is 2.15 bits per heavy atom. The molecule has 2 aliphatic rings. The van der Waals surface area contributed by atoms with Crippen LogP contribution in [-0.4, -0.2) is 41.6 Å². The van der Waals surface area contributed by atoms with Crippen LogP contribution in [0.4, 0.5) is 5.69 Å². The molecule has 0 radical (unpaired) electrons. The van der Waals surface area contributed by atoms with E-state index >= 15 is 0 Å². The molecule has 3 rings (SSSR count). The van der Waals surface area contributed by atoms with Gasteiger partial charge in [-0.2, -0.15) is 0 Å². The first kappa shape index (κ1) is 13.8. The minimum atomic E-state index is 0.0108. The molecule has 0 spiro atoms. The number of piperidine rings is 1. The van der Waals surface area contributed by atoms with Gasteiger partial charge in [0.2, 0.25) is 0 Å². The number of nitrogens with zero attached hydrogens (tertiary/aromatic N) is 3. The number of anilines is 1. The van der Waals surface area contributed by atoms with Gasteiger partial charge in [0.25, 0.3) is 0 Å². The largest absolute Gasteiger partial charge is 0.365 e. The van der Waals surface area contributed by atoms with Crippen molar-refractivity contribution in [2.75, 3.05) is 24.5 Å². The molecule has 2 saturated heterocycles. The van der Waals surface area contributed by atoms with Gasteiger partial charge in [-0.05, 0) is 45.4 Å². The molecule has 0 saturated carbocycles. The van der Waals surface area contributed by atoms with E-state index in [0.717, 1.165) is 18.3 Å². The highest BCUT2D eigenvalue weighted by molar-refractivity contribution is 5.47. The molecule has 1 aromatic heterocycles. The molecular weight excluding hydrogens is 248 g/mol. The van der Waals surface area contributed by atoms with E-state index in [4.69, 9.17) is 5.73 Å². The third kappa shape index (κ3) is 2.67. The Bertz CT molecular complexity index is 442. The normalized spacial score (nSPS) is 29.1. The van der Waals surface area contributed by atoms with Gasteiger partial charge in [-0.25, -0.2) is 0 Å². The molecule has 1 aromatic rings. The van der Waals surface area contributed by atoms with Crippen molar-refractivity contribution in [1.82, 2.24) is 9.88 Å². The van der Waals surface area contributed by atoms with Crippen LogP contribution in [0.1, 0.15) is 44.8 Å². The molecule has 0 amide bonds. The van der Waals surface area contributed by atoms with Gasteiger partial charge < -0.3 is 10.6 Å². The van der Waals surface area contributed by atoms with E-state index in [9.17, 15) is 0 Å². The maximum atomic E-state index is 5.87. The van der Waals surface area contributed by atoms with Crippen molar-refractivity contribution in [2.24, 2.45) is 5.73 Å². The second-order valence-corrected chi connectivity index (χ2v) is 6.38. The predicted octanol–water partition coefficient (Wildman–Crippen LogP) is 2.16. The Morgan fingerprint density at radius 3 is 2.85 bits per heavy atom. The average Bonchev–Trinajstić information content (AvgIpc) is 2.46. The van der Waals surface area contributed by atoms with Crippen molar-refractivity contribution in [3.05, 3.63) is 24.0 Å². The smallest absolute Gasteiger partial charge is 0.0569 e. The summed E-state index contributed by atoms with van der Waals surface area (Å²) in [5.74, 6) is 0. The van der Waals surface area contributed by atoms with Gasteiger partial charge in [0.05, 0.1) is 17.6 Å². The molecule has 4 heteroatoms. The number of nitrogens with two attached hydrogens (primary N) is 1. The quantitative estimate of drug-likeness (QED) is 0.897. The lowest BCUT2D eigenvalue weighted by Crippen LogP contribution is -2.58. The van der Waals surface area contributed by atoms with Gasteiger partial charge >= 0.3 is 0 Å². The Kier molecular flexibility index (Phi) is 3.94. The Balaban J connectivity index is 1.75. The summed E-state index contributed by atoms with van der Waals surface area (Å²) in [5, 5.41) is 0. The lowest BCUT2D eigenvalue weighted by Gasteiger charge is -2.48. The topological polar surface area (TPSA) is 45.4 Å². The fourth-order valence-electron chi connectivity index (χ4n) is 3.55. The number of piperazine rings is 1. The van der Waals surface area contributed by atoms with Gasteiger partial charge in [0, 0.05) is 31.2 Å². The summed E-state index contributed by atoms with van der Waals surface area (Å²) in [6, 6.07) is 5.55. The molecule has 0 bridgehead atoms. The number of hydrogen-bond donors (Lipinski definition) is 1. The fraction of sp³-hybridized carbons (Fsp3) is 0.688. The van der Waals surface area contributed by atoms with Crippen LogP contribution in [0.3, 0.4) is 0 Å². The monoisotopic (exact) mass is 274 g/mol. The summed E-state index contributed by atoms with van der Waals surface area (Å²) < 4.78 is 0. The number of rotatable bonds is 2. The van der Waals surface area contributed by atoms with Crippen molar-refractivity contribution >= 4 is 5.69 Å². The van der Waals surface area contributed by atoms with E-state index in [-0.39, 0.29) is 6.04 Å². The molecule has 3 heterocycles. The van der Waals surface area contributed by atoms with Crippen LogP contribution in [0.5, 0.6) is 0 Å². The predicted molar refractivity (Wildman–Crippen MR) is 82.9 cm³/mol. The highest BCUT2D eigenvalue weighted by Crippen LogP contribution is 2.28. The van der Waals surface area contributed by atoms with Gasteiger partial charge in [-0.1, -0.05) is 6.42 Å². The first-order chi connectivity index (χ1) is 9.65. The van der Waals surface area contributed by atoms with Crippen LogP contribution in [0, 0.1) is 0 Å². The summed E-state index contributed by atoms with van der Waals surface area (Å²) in [5.41, 5.74) is 8.09. The van der Waals surface area contributed by atoms with E-state index < -0.39 is 0 Å². The van der Waals surface area contributed by atoms with Crippen LogP contribution in [0.25, 0.3) is 0 Å². The zero-order chi connectivity index (χ0) is 14.1. The SMILES string of the molecule is CC1CN2CCCCC2CN1c1ccc([C@H](C)N)nc1. The van der Waals surface area contributed by atoms with Crippen molar-refractivity contribution in [3.8, 4) is 0 Å². The van der Waals surface area contributed by atoms with Crippen LogP contribution in [0.15, 0.2) is 18.3 Å². The van der Waals surface area contributed by atoms with E-state index in [0.29, 0.717) is 6.04 Å². The first-order valence-corrected chi connectivity index (χ1v) is 7.87. The second kappa shape index (κ2) is 5.70. The van der Waals surface area contributed by atoms with Crippen molar-refractivity contribution in [1.29, 1.82) is 0 Å². The Hall–Kier alpha value is -1.13. The molecule has 2 unspecified atom stereocenters. The highest BCUT2D eigenvalue weighted by Gasteiger charge is 2.33. The molecule has 3 atom stereocenters. The van der Waals surface area contributed by atoms with E-state index in [1.54, 1.807) is 0 Å². The van der Waals surface area contributed by atoms with Gasteiger partial charge in [-0.3, -0.25) is 9.88 Å². The van der Waals surface area contributed by atoms with E-state index in [1.807, 2.05) is 13.1 Å². The standard InChI is InChI=1S/C16H26N4/c1-12-10-19-8-4-3-5-15(19)11-20(12)14-6-7-16(13(2)17)18-9-14/h6-7,9,12-13,15H,3-5,8,10-11,17H2,1-2H3/t12?,13-,15?/m0/s1. The zero-order valence-electron chi connectivity index (χ0n) is 12.6. The summed E-state index contributed by atoms with van der Waals surface area (Å²) >= 11 is 0. The van der Waals surface area contributed by atoms with Gasteiger partial charge in [0.1, 0.15) is 0 Å². The van der Waals surface area contributed by atoms with Crippen molar-refractivity contribution < 1.29 is 0 Å². The second-order valence-electron chi connectivity index (χ2n) is 6.38. The lowest BCUT2D eigenvalue weighted by atomic mass is 9.97. The molecule has 20 heavy (non-hydrogen) atoms. The third-order valence-electron chi connectivity index (χ3n) is 4.76. The summed E-state index contributed by atoms with van der Waals surface area (Å²) in [6.07, 6.45) is 6.08. The molecular formula is C16H26N4. The summed E-state index contributed by atoms with van der Waals surface area (Å²) in [7, 11) is 0. The van der Waals surface area contributed by atoms with Gasteiger partial charge in [-0.15, -0.1) is 0 Å². The van der Waals surface area contributed by atoms with E-state index in [2.05, 4.69) is 33.8 Å². The first-order valence-electron chi connectivity index (χ1n) is 7.87. The van der Waals surface area contributed by atoms with Gasteiger partial charge in [0.15, 0.2) is 0 Å². The number of aromatic nitrogens is 1. The van der Waals surface area contributed by atoms with E-state index in [1.165, 1.54) is 38.0 Å². The molecule has 2 fully saturated rings. The molecule has 0 aliphatic carbocycles. The van der Waals surface area contributed by atoms with Crippen molar-refractivity contribution in [3.63, 3.8) is 0 Å². The molecule has 2 aliphatic heterocycles. The summed E-state index contributed by atoms with van der Waals surface area (Å²) in [4.78, 5) is 9.70. The molecule has 110 valence electrons. The maximum absolute atomic E-state index is 5.87. The summed E-state index contributed by atoms with van der Waals surface area (Å²) in [6.45, 7) is 7.90. The lowest BCUT2D eigenvalue weighted by molar-refractivity contribution is 0.115. The molecule has 4 nitrogen and oxygen atoms in total. The van der Waals surface area contributed by atoms with Crippen LogP contribution >= 0.6 is 0 Å². The highest BCUT2D eigenvalue weighted by atomic mass is 15.3. The van der Waals surface area contributed by atoms with Crippen LogP contribution < -0.4 is 10.6 Å². The fourth-order valence-corrected chi connectivity index (χ4v) is 3.55. The number of pyridine rings is 1. The molecule has 0 aromatic carbocycles. The Morgan fingerprint density at radius 1 is 1.30 bits per heavy atom. The zero-order valence-corrected chi connectivity index (χ0v) is 12.6. The maximum Gasteiger partial charge on any atom is 0.0569 e. The van der Waals surface area contributed by atoms with Crippen LogP contribution in [0.2, 0.25) is 0 Å². The number of hydrogen-bond acceptors (Lipinski definition) is 4. The average molecular weight is 274 g/mol. The van der Waals surface area contributed by atoms with Crippen LogP contribution in [-0.2, 0) is 0 Å².